The Bertz CT molecular complexity index is 1230. The zero-order valence-electron chi connectivity index (χ0n) is 16.5. The SMILES string of the molecule is COc1ccc2c(c1)CCCC2NS(=O)(=O)c1nnc(NC(=O)c2ccccc2Cl)s1. The number of ether oxygens (including phenoxy) is 1. The number of halogens is 1. The van der Waals surface area contributed by atoms with Crippen LogP contribution in [0.2, 0.25) is 5.02 Å². The van der Waals surface area contributed by atoms with Gasteiger partial charge in [0.05, 0.1) is 17.7 Å². The van der Waals surface area contributed by atoms with Crippen molar-refractivity contribution >= 4 is 44.0 Å². The average Bonchev–Trinajstić information content (AvgIpc) is 3.23. The van der Waals surface area contributed by atoms with E-state index in [2.05, 4.69) is 20.2 Å². The van der Waals surface area contributed by atoms with E-state index in [1.165, 1.54) is 0 Å². The number of aromatic nitrogens is 2. The Labute approximate surface area is 188 Å². The topological polar surface area (TPSA) is 110 Å². The van der Waals surface area contributed by atoms with Gasteiger partial charge < -0.3 is 4.74 Å². The van der Waals surface area contributed by atoms with Crippen LogP contribution >= 0.6 is 22.9 Å². The van der Waals surface area contributed by atoms with Crippen molar-refractivity contribution < 1.29 is 17.9 Å². The van der Waals surface area contributed by atoms with Gasteiger partial charge in [0.2, 0.25) is 9.47 Å². The van der Waals surface area contributed by atoms with E-state index in [1.54, 1.807) is 31.4 Å². The van der Waals surface area contributed by atoms with Gasteiger partial charge in [0.15, 0.2) is 0 Å². The molecule has 11 heteroatoms. The minimum absolute atomic E-state index is 0.0686. The summed E-state index contributed by atoms with van der Waals surface area (Å²) in [6.45, 7) is 0. The van der Waals surface area contributed by atoms with E-state index in [1.807, 2.05) is 18.2 Å². The number of carbonyl (C=O) groups is 1. The quantitative estimate of drug-likeness (QED) is 0.521. The van der Waals surface area contributed by atoms with E-state index in [4.69, 9.17) is 16.3 Å². The number of fused-ring (bicyclic) bond motifs is 1. The number of aryl methyl sites for hydroxylation is 1. The summed E-state index contributed by atoms with van der Waals surface area (Å²) in [7, 11) is -2.32. The summed E-state index contributed by atoms with van der Waals surface area (Å²) < 4.78 is 33.5. The van der Waals surface area contributed by atoms with Crippen molar-refractivity contribution in [3.05, 3.63) is 64.2 Å². The fourth-order valence-electron chi connectivity index (χ4n) is 3.46. The number of nitrogens with one attached hydrogen (secondary N) is 2. The third-order valence-corrected chi connectivity index (χ3v) is 7.94. The van der Waals surface area contributed by atoms with Gasteiger partial charge in [0, 0.05) is 6.04 Å². The third-order valence-electron chi connectivity index (χ3n) is 4.94. The molecule has 1 aliphatic carbocycles. The molecule has 8 nitrogen and oxygen atoms in total. The second-order valence-electron chi connectivity index (χ2n) is 6.94. The van der Waals surface area contributed by atoms with Crippen molar-refractivity contribution in [3.63, 3.8) is 0 Å². The first-order valence-corrected chi connectivity index (χ1v) is 12.1. The zero-order valence-corrected chi connectivity index (χ0v) is 18.9. The smallest absolute Gasteiger partial charge is 0.270 e. The molecule has 1 heterocycles. The van der Waals surface area contributed by atoms with Gasteiger partial charge in [0.25, 0.3) is 15.9 Å². The second-order valence-corrected chi connectivity index (χ2v) is 10.2. The number of sulfonamides is 1. The molecule has 2 N–H and O–H groups in total. The molecule has 1 unspecified atom stereocenters. The maximum Gasteiger partial charge on any atom is 0.270 e. The average molecular weight is 479 g/mol. The van der Waals surface area contributed by atoms with Crippen LogP contribution in [0, 0.1) is 0 Å². The minimum Gasteiger partial charge on any atom is -0.497 e. The lowest BCUT2D eigenvalue weighted by Crippen LogP contribution is -2.31. The normalized spacial score (nSPS) is 15.9. The number of benzene rings is 2. The van der Waals surface area contributed by atoms with E-state index in [-0.39, 0.29) is 26.1 Å². The van der Waals surface area contributed by atoms with Crippen LogP contribution in [0.15, 0.2) is 46.8 Å². The lowest BCUT2D eigenvalue weighted by atomic mass is 9.88. The molecule has 1 aliphatic rings. The number of methoxy groups -OCH3 is 1. The Morgan fingerprint density at radius 3 is 2.81 bits per heavy atom. The number of nitrogens with zero attached hydrogens (tertiary/aromatic N) is 2. The fraction of sp³-hybridized carbons (Fsp3) is 0.250. The van der Waals surface area contributed by atoms with Gasteiger partial charge >= 0.3 is 0 Å². The molecule has 0 saturated heterocycles. The highest BCUT2D eigenvalue weighted by Crippen LogP contribution is 2.33. The number of carbonyl (C=O) groups excluding carboxylic acids is 1. The molecule has 0 spiro atoms. The van der Waals surface area contributed by atoms with Crippen LogP contribution in [0.25, 0.3) is 0 Å². The highest BCUT2D eigenvalue weighted by atomic mass is 35.5. The Morgan fingerprint density at radius 2 is 2.03 bits per heavy atom. The first kappa shape index (κ1) is 21.7. The van der Waals surface area contributed by atoms with Crippen molar-refractivity contribution in [2.24, 2.45) is 0 Å². The number of hydrogen-bond donors (Lipinski definition) is 2. The first-order valence-electron chi connectivity index (χ1n) is 9.46. The molecule has 1 aromatic heterocycles. The molecule has 3 aromatic rings. The van der Waals surface area contributed by atoms with Crippen LogP contribution in [0.5, 0.6) is 5.75 Å². The van der Waals surface area contributed by atoms with E-state index in [0.29, 0.717) is 6.42 Å². The van der Waals surface area contributed by atoms with Gasteiger partial charge in [-0.1, -0.05) is 41.1 Å². The van der Waals surface area contributed by atoms with E-state index >= 15 is 0 Å². The molecule has 2 aromatic carbocycles. The van der Waals surface area contributed by atoms with Crippen molar-refractivity contribution in [2.75, 3.05) is 12.4 Å². The standard InChI is InChI=1S/C20H19ClN4O4S2/c1-29-13-9-10-14-12(11-13)5-4-8-17(14)25-31(27,28)20-24-23-19(30-20)22-18(26)15-6-2-3-7-16(15)21/h2-3,6-7,9-11,17,25H,4-5,8H2,1H3,(H,22,23,26). The number of rotatable bonds is 6. The molecule has 0 aliphatic heterocycles. The molecule has 0 radical (unpaired) electrons. The zero-order chi connectivity index (χ0) is 22.0. The molecule has 1 atom stereocenters. The highest BCUT2D eigenvalue weighted by molar-refractivity contribution is 7.91. The van der Waals surface area contributed by atoms with Crippen molar-refractivity contribution in [3.8, 4) is 5.75 Å². The van der Waals surface area contributed by atoms with Gasteiger partial charge in [-0.15, -0.1) is 10.2 Å². The second kappa shape index (κ2) is 8.91. The molecular formula is C20H19ClN4O4S2. The van der Waals surface area contributed by atoms with Crippen LogP contribution < -0.4 is 14.8 Å². The predicted octanol–water partition coefficient (Wildman–Crippen LogP) is 3.81. The number of anilines is 1. The van der Waals surface area contributed by atoms with Crippen molar-refractivity contribution in [1.82, 2.24) is 14.9 Å². The summed E-state index contributed by atoms with van der Waals surface area (Å²) in [5, 5.41) is 10.4. The van der Waals surface area contributed by atoms with Gasteiger partial charge in [-0.05, 0) is 54.7 Å². The van der Waals surface area contributed by atoms with Crippen LogP contribution in [-0.4, -0.2) is 31.6 Å². The van der Waals surface area contributed by atoms with Crippen LogP contribution in [-0.2, 0) is 16.4 Å². The summed E-state index contributed by atoms with van der Waals surface area (Å²) in [6.07, 6.45) is 2.39. The van der Waals surface area contributed by atoms with Gasteiger partial charge in [-0.3, -0.25) is 10.1 Å². The summed E-state index contributed by atoms with van der Waals surface area (Å²) in [6, 6.07) is 11.8. The lowest BCUT2D eigenvalue weighted by molar-refractivity contribution is 0.102. The van der Waals surface area contributed by atoms with Gasteiger partial charge in [0.1, 0.15) is 5.75 Å². The van der Waals surface area contributed by atoms with Crippen molar-refractivity contribution in [1.29, 1.82) is 0 Å². The Kier molecular flexibility index (Phi) is 6.24. The Balaban J connectivity index is 1.50. The van der Waals surface area contributed by atoms with E-state index in [9.17, 15) is 13.2 Å². The van der Waals surface area contributed by atoms with Crippen molar-refractivity contribution in [2.45, 2.75) is 29.6 Å². The molecule has 0 fully saturated rings. The van der Waals surface area contributed by atoms with Crippen LogP contribution in [0.4, 0.5) is 5.13 Å². The number of hydrogen-bond acceptors (Lipinski definition) is 7. The third kappa shape index (κ3) is 4.72. The minimum atomic E-state index is -3.92. The predicted molar refractivity (Wildman–Crippen MR) is 118 cm³/mol. The first-order chi connectivity index (χ1) is 14.9. The molecule has 1 amide bonds. The van der Waals surface area contributed by atoms with E-state index < -0.39 is 15.9 Å². The molecule has 4 rings (SSSR count). The fourth-order valence-corrected chi connectivity index (χ4v) is 5.84. The summed E-state index contributed by atoms with van der Waals surface area (Å²) in [5.74, 6) is 0.249. The van der Waals surface area contributed by atoms with Gasteiger partial charge in [-0.25, -0.2) is 13.1 Å². The molecule has 0 bridgehead atoms. The summed E-state index contributed by atoms with van der Waals surface area (Å²) >= 11 is 6.80. The Hall–Kier alpha value is -2.53. The monoisotopic (exact) mass is 478 g/mol. The van der Waals surface area contributed by atoms with Gasteiger partial charge in [-0.2, -0.15) is 0 Å². The highest BCUT2D eigenvalue weighted by Gasteiger charge is 2.29. The lowest BCUT2D eigenvalue weighted by Gasteiger charge is -2.26. The maximum atomic E-state index is 12.9. The largest absolute Gasteiger partial charge is 0.497 e. The Morgan fingerprint density at radius 1 is 1.23 bits per heavy atom. The molecule has 162 valence electrons. The van der Waals surface area contributed by atoms with Crippen LogP contribution in [0.1, 0.15) is 40.4 Å². The molecule has 31 heavy (non-hydrogen) atoms. The number of amides is 1. The van der Waals surface area contributed by atoms with Crippen LogP contribution in [0.3, 0.4) is 0 Å². The maximum absolute atomic E-state index is 12.9. The van der Waals surface area contributed by atoms with E-state index in [0.717, 1.165) is 41.1 Å². The molecular weight excluding hydrogens is 460 g/mol. The summed E-state index contributed by atoms with van der Waals surface area (Å²) in [4.78, 5) is 12.4. The summed E-state index contributed by atoms with van der Waals surface area (Å²) in [5.41, 5.74) is 2.24. The molecule has 0 saturated carbocycles.